The smallest absolute Gasteiger partial charge is 0.255 e. The highest BCUT2D eigenvalue weighted by atomic mass is 35.5. The Kier molecular flexibility index (Phi) is 3.76. The van der Waals surface area contributed by atoms with E-state index in [9.17, 15) is 9.90 Å². The molecule has 2 aromatic carbocycles. The largest absolute Gasteiger partial charge is 0.506 e. The number of nitrogens with one attached hydrogen (secondary N) is 1. The van der Waals surface area contributed by atoms with Crippen LogP contribution >= 0.6 is 11.6 Å². The van der Waals surface area contributed by atoms with Crippen molar-refractivity contribution < 1.29 is 9.90 Å². The number of halogens is 1. The summed E-state index contributed by atoms with van der Waals surface area (Å²) in [4.78, 5) is 12.1. The molecule has 0 aliphatic carbocycles. The molecule has 0 fully saturated rings. The van der Waals surface area contributed by atoms with Crippen LogP contribution in [0.15, 0.2) is 36.4 Å². The Labute approximate surface area is 116 Å². The van der Waals surface area contributed by atoms with Crippen molar-refractivity contribution in [1.29, 1.82) is 0 Å². The Morgan fingerprint density at radius 1 is 1.16 bits per heavy atom. The molecular formula is C15H14ClNO2. The van der Waals surface area contributed by atoms with Crippen molar-refractivity contribution in [1.82, 2.24) is 0 Å². The summed E-state index contributed by atoms with van der Waals surface area (Å²) in [5.41, 5.74) is 3.24. The van der Waals surface area contributed by atoms with Gasteiger partial charge < -0.3 is 10.4 Å². The summed E-state index contributed by atoms with van der Waals surface area (Å²) in [6.45, 7) is 3.89. The summed E-state index contributed by atoms with van der Waals surface area (Å²) < 4.78 is 0. The van der Waals surface area contributed by atoms with Crippen LogP contribution in [-0.2, 0) is 0 Å². The first-order chi connectivity index (χ1) is 8.97. The van der Waals surface area contributed by atoms with Crippen LogP contribution in [0.1, 0.15) is 21.5 Å². The Morgan fingerprint density at radius 3 is 2.58 bits per heavy atom. The molecule has 0 aliphatic heterocycles. The van der Waals surface area contributed by atoms with Gasteiger partial charge in [0.15, 0.2) is 0 Å². The maximum Gasteiger partial charge on any atom is 0.255 e. The number of anilines is 1. The van der Waals surface area contributed by atoms with Crippen molar-refractivity contribution in [2.45, 2.75) is 13.8 Å². The topological polar surface area (TPSA) is 49.3 Å². The van der Waals surface area contributed by atoms with Gasteiger partial charge in [0, 0.05) is 11.3 Å². The fourth-order valence-corrected chi connectivity index (χ4v) is 1.89. The molecule has 0 atom stereocenters. The zero-order valence-corrected chi connectivity index (χ0v) is 11.5. The number of phenolic OH excluding ortho intramolecular Hbond substituents is 1. The third kappa shape index (κ3) is 3.06. The van der Waals surface area contributed by atoms with Gasteiger partial charge in [-0.25, -0.2) is 0 Å². The van der Waals surface area contributed by atoms with Crippen molar-refractivity contribution in [3.05, 3.63) is 58.1 Å². The van der Waals surface area contributed by atoms with E-state index in [-0.39, 0.29) is 16.7 Å². The van der Waals surface area contributed by atoms with E-state index in [1.165, 1.54) is 18.2 Å². The van der Waals surface area contributed by atoms with Gasteiger partial charge in [0.25, 0.3) is 5.91 Å². The van der Waals surface area contributed by atoms with Crippen molar-refractivity contribution in [3.8, 4) is 5.75 Å². The third-order valence-corrected chi connectivity index (χ3v) is 3.15. The van der Waals surface area contributed by atoms with Crippen LogP contribution in [0.5, 0.6) is 5.75 Å². The van der Waals surface area contributed by atoms with Gasteiger partial charge in [-0.15, -0.1) is 0 Å². The van der Waals surface area contributed by atoms with E-state index in [0.29, 0.717) is 5.56 Å². The van der Waals surface area contributed by atoms with E-state index >= 15 is 0 Å². The molecule has 0 saturated heterocycles. The van der Waals surface area contributed by atoms with Gasteiger partial charge in [0.05, 0.1) is 5.02 Å². The molecule has 0 aromatic heterocycles. The number of amides is 1. The zero-order valence-electron chi connectivity index (χ0n) is 10.7. The lowest BCUT2D eigenvalue weighted by Gasteiger charge is -2.09. The maximum absolute atomic E-state index is 12.1. The molecule has 3 nitrogen and oxygen atoms in total. The molecule has 0 radical (unpaired) electrons. The molecule has 0 saturated carbocycles. The maximum atomic E-state index is 12.1. The average molecular weight is 276 g/mol. The summed E-state index contributed by atoms with van der Waals surface area (Å²) in [5, 5.41) is 12.3. The van der Waals surface area contributed by atoms with E-state index < -0.39 is 0 Å². The Morgan fingerprint density at radius 2 is 1.89 bits per heavy atom. The van der Waals surface area contributed by atoms with Gasteiger partial charge in [0.1, 0.15) is 5.75 Å². The second-order valence-electron chi connectivity index (χ2n) is 4.44. The van der Waals surface area contributed by atoms with Crippen LogP contribution in [0, 0.1) is 13.8 Å². The normalized spacial score (nSPS) is 10.3. The minimum atomic E-state index is -0.254. The molecule has 0 aliphatic rings. The molecule has 2 rings (SSSR count). The number of phenols is 1. The Hall–Kier alpha value is -2.00. The molecule has 1 amide bonds. The number of rotatable bonds is 2. The van der Waals surface area contributed by atoms with Gasteiger partial charge >= 0.3 is 0 Å². The monoisotopic (exact) mass is 275 g/mol. The van der Waals surface area contributed by atoms with Crippen LogP contribution in [-0.4, -0.2) is 11.0 Å². The second-order valence-corrected chi connectivity index (χ2v) is 4.85. The molecule has 0 spiro atoms. The first-order valence-electron chi connectivity index (χ1n) is 5.84. The number of benzene rings is 2. The van der Waals surface area contributed by atoms with E-state index in [1.807, 2.05) is 32.0 Å². The number of hydrogen-bond donors (Lipinski definition) is 2. The molecule has 2 aromatic rings. The minimum Gasteiger partial charge on any atom is -0.506 e. The summed E-state index contributed by atoms with van der Waals surface area (Å²) in [6, 6.07) is 10.2. The SMILES string of the molecule is Cc1ccc(C)c(NC(=O)c2ccc(O)c(Cl)c2)c1. The summed E-state index contributed by atoms with van der Waals surface area (Å²) in [7, 11) is 0. The zero-order chi connectivity index (χ0) is 14.0. The molecule has 2 N–H and O–H groups in total. The minimum absolute atomic E-state index is 0.0371. The van der Waals surface area contributed by atoms with Gasteiger partial charge in [0.2, 0.25) is 0 Å². The molecule has 4 heteroatoms. The number of aromatic hydroxyl groups is 1. The van der Waals surface area contributed by atoms with Crippen LogP contribution < -0.4 is 5.32 Å². The lowest BCUT2D eigenvalue weighted by atomic mass is 10.1. The molecule has 98 valence electrons. The fraction of sp³-hybridized carbons (Fsp3) is 0.133. The molecule has 0 unspecified atom stereocenters. The predicted octanol–water partition coefficient (Wildman–Crippen LogP) is 3.91. The lowest BCUT2D eigenvalue weighted by molar-refractivity contribution is 0.102. The first-order valence-corrected chi connectivity index (χ1v) is 6.22. The van der Waals surface area contributed by atoms with E-state index in [2.05, 4.69) is 5.32 Å². The molecule has 0 heterocycles. The van der Waals surface area contributed by atoms with E-state index in [1.54, 1.807) is 0 Å². The fourth-order valence-electron chi connectivity index (χ4n) is 1.71. The predicted molar refractivity (Wildman–Crippen MR) is 77.0 cm³/mol. The summed E-state index contributed by atoms with van der Waals surface area (Å²) in [5.74, 6) is -0.291. The second kappa shape index (κ2) is 5.33. The Balaban J connectivity index is 2.25. The lowest BCUT2D eigenvalue weighted by Crippen LogP contribution is -2.12. The summed E-state index contributed by atoms with van der Waals surface area (Å²) >= 11 is 5.79. The van der Waals surface area contributed by atoms with Crippen LogP contribution in [0.2, 0.25) is 5.02 Å². The van der Waals surface area contributed by atoms with Crippen molar-refractivity contribution >= 4 is 23.2 Å². The van der Waals surface area contributed by atoms with Crippen molar-refractivity contribution in [3.63, 3.8) is 0 Å². The van der Waals surface area contributed by atoms with Crippen molar-refractivity contribution in [2.24, 2.45) is 0 Å². The van der Waals surface area contributed by atoms with E-state index in [0.717, 1.165) is 16.8 Å². The molecule has 0 bridgehead atoms. The standard InChI is InChI=1S/C15H14ClNO2/c1-9-3-4-10(2)13(7-9)17-15(19)11-5-6-14(18)12(16)8-11/h3-8,18H,1-2H3,(H,17,19). The molecular weight excluding hydrogens is 262 g/mol. The number of hydrogen-bond acceptors (Lipinski definition) is 2. The molecule has 19 heavy (non-hydrogen) atoms. The number of aryl methyl sites for hydroxylation is 2. The van der Waals surface area contributed by atoms with Crippen LogP contribution in [0.4, 0.5) is 5.69 Å². The summed E-state index contributed by atoms with van der Waals surface area (Å²) in [6.07, 6.45) is 0. The highest BCUT2D eigenvalue weighted by Gasteiger charge is 2.10. The highest BCUT2D eigenvalue weighted by Crippen LogP contribution is 2.24. The first kappa shape index (κ1) is 13.4. The Bertz CT molecular complexity index is 638. The van der Waals surface area contributed by atoms with E-state index in [4.69, 9.17) is 11.6 Å². The van der Waals surface area contributed by atoms with Gasteiger partial charge in [-0.05, 0) is 49.2 Å². The van der Waals surface area contributed by atoms with Gasteiger partial charge in [-0.1, -0.05) is 23.7 Å². The number of carbonyl (C=O) groups is 1. The van der Waals surface area contributed by atoms with Crippen molar-refractivity contribution in [2.75, 3.05) is 5.32 Å². The highest BCUT2D eigenvalue weighted by molar-refractivity contribution is 6.32. The third-order valence-electron chi connectivity index (χ3n) is 2.85. The van der Waals surface area contributed by atoms with Gasteiger partial charge in [-0.2, -0.15) is 0 Å². The van der Waals surface area contributed by atoms with Crippen LogP contribution in [0.3, 0.4) is 0 Å². The quantitative estimate of drug-likeness (QED) is 0.873. The van der Waals surface area contributed by atoms with Crippen LogP contribution in [0.25, 0.3) is 0 Å². The average Bonchev–Trinajstić information content (AvgIpc) is 2.37. The number of carbonyl (C=O) groups excluding carboxylic acids is 1. The van der Waals surface area contributed by atoms with Gasteiger partial charge in [-0.3, -0.25) is 4.79 Å².